The first-order valence-corrected chi connectivity index (χ1v) is 13.9. The molecule has 0 bridgehead atoms. The molecule has 4 rings (SSSR count). The fourth-order valence-electron chi connectivity index (χ4n) is 3.95. The van der Waals surface area contributed by atoms with Crippen molar-refractivity contribution >= 4 is 29.9 Å². The van der Waals surface area contributed by atoms with Gasteiger partial charge in [0.1, 0.15) is 0 Å². The van der Waals surface area contributed by atoms with Crippen LogP contribution in [0.3, 0.4) is 0 Å². The van der Waals surface area contributed by atoms with Gasteiger partial charge in [-0.15, -0.1) is 0 Å². The minimum Gasteiger partial charge on any atom is -0.413 e. The lowest BCUT2D eigenvalue weighted by Crippen LogP contribution is -2.40. The summed E-state index contributed by atoms with van der Waals surface area (Å²) in [6.45, 7) is 12.0. The normalized spacial score (nSPS) is 12.6. The summed E-state index contributed by atoms with van der Waals surface area (Å²) < 4.78 is 6.65. The number of aliphatic hydroxyl groups is 1. The topological polar surface area (TPSA) is 29.5 Å². The number of hydrogen-bond acceptors (Lipinski definition) is 2. The molecule has 0 aliphatic carbocycles. The van der Waals surface area contributed by atoms with E-state index in [-0.39, 0.29) is 11.6 Å². The summed E-state index contributed by atoms with van der Waals surface area (Å²) in [7, 11) is -1.90. The highest BCUT2D eigenvalue weighted by Crippen LogP contribution is 2.41. The largest absolute Gasteiger partial charge is 0.413 e. The molecule has 0 saturated carbocycles. The van der Waals surface area contributed by atoms with Gasteiger partial charge in [0.05, 0.1) is 13.2 Å². The third-order valence-corrected chi connectivity index (χ3v) is 11.3. The summed E-state index contributed by atoms with van der Waals surface area (Å²) in [5, 5.41) is 15.1. The van der Waals surface area contributed by atoms with E-state index >= 15 is 0 Å². The third kappa shape index (κ3) is 4.06. The van der Waals surface area contributed by atoms with E-state index in [9.17, 15) is 5.11 Å². The van der Waals surface area contributed by atoms with Crippen molar-refractivity contribution in [3.63, 3.8) is 0 Å². The number of fused-ring (bicyclic) bond motifs is 2. The fraction of sp³-hybridized carbons (Fsp3) is 0.286. The molecule has 0 spiro atoms. The second kappa shape index (κ2) is 8.23. The van der Waals surface area contributed by atoms with E-state index in [1.54, 1.807) is 0 Å². The summed E-state index contributed by atoms with van der Waals surface area (Å²) in [6, 6.07) is 25.5. The van der Waals surface area contributed by atoms with Crippen molar-refractivity contribution in [1.82, 2.24) is 0 Å². The predicted octanol–water partition coefficient (Wildman–Crippen LogP) is 7.67. The van der Waals surface area contributed by atoms with Gasteiger partial charge in [0.15, 0.2) is 8.32 Å². The molecule has 0 atom stereocenters. The minimum absolute atomic E-state index is 0.00587. The van der Waals surface area contributed by atoms with Crippen molar-refractivity contribution in [3.8, 4) is 11.1 Å². The van der Waals surface area contributed by atoms with Crippen LogP contribution in [-0.2, 0) is 17.6 Å². The zero-order chi connectivity index (χ0) is 22.2. The Labute approximate surface area is 186 Å². The van der Waals surface area contributed by atoms with Crippen LogP contribution in [-0.4, -0.2) is 13.4 Å². The maximum Gasteiger partial charge on any atom is 0.192 e. The van der Waals surface area contributed by atoms with Gasteiger partial charge >= 0.3 is 0 Å². The number of rotatable bonds is 5. The van der Waals surface area contributed by atoms with Crippen LogP contribution in [0.25, 0.3) is 32.7 Å². The Hall–Kier alpha value is -2.46. The molecule has 0 fully saturated rings. The Morgan fingerprint density at radius 3 is 1.71 bits per heavy atom. The lowest BCUT2D eigenvalue weighted by Gasteiger charge is -2.36. The van der Waals surface area contributed by atoms with E-state index in [0.29, 0.717) is 6.61 Å². The van der Waals surface area contributed by atoms with Gasteiger partial charge in [0, 0.05) is 0 Å². The average molecular weight is 429 g/mol. The predicted molar refractivity (Wildman–Crippen MR) is 135 cm³/mol. The highest BCUT2D eigenvalue weighted by Gasteiger charge is 2.37. The smallest absolute Gasteiger partial charge is 0.192 e. The van der Waals surface area contributed by atoms with E-state index in [1.165, 1.54) is 32.7 Å². The zero-order valence-electron chi connectivity index (χ0n) is 19.2. The maximum atomic E-state index is 10.2. The lowest BCUT2D eigenvalue weighted by molar-refractivity contribution is 0.276. The van der Waals surface area contributed by atoms with Crippen molar-refractivity contribution < 1.29 is 9.53 Å². The molecule has 160 valence electrons. The first-order valence-electron chi connectivity index (χ1n) is 11.0. The molecule has 2 nitrogen and oxygen atoms in total. The summed E-state index contributed by atoms with van der Waals surface area (Å²) in [4.78, 5) is 0. The Balaban J connectivity index is 1.98. The van der Waals surface area contributed by atoms with Crippen LogP contribution >= 0.6 is 0 Å². The molecule has 0 aliphatic rings. The highest BCUT2D eigenvalue weighted by molar-refractivity contribution is 6.74. The van der Waals surface area contributed by atoms with E-state index in [1.807, 2.05) is 0 Å². The van der Waals surface area contributed by atoms with Crippen LogP contribution in [0.1, 0.15) is 31.9 Å². The van der Waals surface area contributed by atoms with E-state index in [4.69, 9.17) is 4.43 Å². The number of benzene rings is 4. The van der Waals surface area contributed by atoms with Gasteiger partial charge in [-0.2, -0.15) is 0 Å². The fourth-order valence-corrected chi connectivity index (χ4v) is 4.90. The summed E-state index contributed by atoms with van der Waals surface area (Å²) in [5.74, 6) is 0. The molecule has 1 N–H and O–H groups in total. The van der Waals surface area contributed by atoms with Gasteiger partial charge in [-0.25, -0.2) is 0 Å². The van der Waals surface area contributed by atoms with E-state index < -0.39 is 8.32 Å². The molecule has 0 unspecified atom stereocenters. The summed E-state index contributed by atoms with van der Waals surface area (Å²) in [5.41, 5.74) is 4.42. The van der Waals surface area contributed by atoms with Crippen molar-refractivity contribution in [2.75, 3.05) is 0 Å². The zero-order valence-corrected chi connectivity index (χ0v) is 20.2. The van der Waals surface area contributed by atoms with Crippen LogP contribution in [0.15, 0.2) is 72.8 Å². The minimum atomic E-state index is -1.90. The summed E-state index contributed by atoms with van der Waals surface area (Å²) in [6.07, 6.45) is 0. The van der Waals surface area contributed by atoms with Crippen LogP contribution in [0, 0.1) is 0 Å². The van der Waals surface area contributed by atoms with Gasteiger partial charge in [-0.1, -0.05) is 93.6 Å². The van der Waals surface area contributed by atoms with Gasteiger partial charge in [-0.3, -0.25) is 0 Å². The molecule has 0 aromatic heterocycles. The molecule has 0 saturated heterocycles. The van der Waals surface area contributed by atoms with Crippen LogP contribution in [0.4, 0.5) is 0 Å². The quantitative estimate of drug-likeness (QED) is 0.330. The molecular formula is C28H32O2Si. The molecule has 0 heterocycles. The average Bonchev–Trinajstić information content (AvgIpc) is 2.76. The monoisotopic (exact) mass is 428 g/mol. The van der Waals surface area contributed by atoms with Gasteiger partial charge in [0.2, 0.25) is 0 Å². The molecule has 0 aliphatic heterocycles. The van der Waals surface area contributed by atoms with Gasteiger partial charge in [-0.05, 0) is 61.9 Å². The maximum absolute atomic E-state index is 10.2. The standard InChI is InChI=1S/C28H32O2Si/c1-28(2,3)31(4,5)30-19-23-17-15-21-11-7-9-13-25(21)27(23)26-22(18-29)16-14-20-10-6-8-12-24(20)26/h6-17,29H,18-19H2,1-5H3. The molecular weight excluding hydrogens is 396 g/mol. The molecule has 3 heteroatoms. The molecule has 0 amide bonds. The second-order valence-corrected chi connectivity index (χ2v) is 14.7. The Morgan fingerprint density at radius 1 is 0.710 bits per heavy atom. The third-order valence-electron chi connectivity index (χ3n) is 6.85. The lowest BCUT2D eigenvalue weighted by atomic mass is 9.87. The van der Waals surface area contributed by atoms with E-state index in [0.717, 1.165) is 11.1 Å². The van der Waals surface area contributed by atoms with E-state index in [2.05, 4.69) is 107 Å². The van der Waals surface area contributed by atoms with Crippen molar-refractivity contribution in [2.45, 2.75) is 52.1 Å². The van der Waals surface area contributed by atoms with Crippen LogP contribution in [0.2, 0.25) is 18.1 Å². The number of hydrogen-bond donors (Lipinski definition) is 1. The Morgan fingerprint density at radius 2 is 1.19 bits per heavy atom. The Bertz CT molecular complexity index is 1230. The molecule has 4 aromatic rings. The van der Waals surface area contributed by atoms with Crippen molar-refractivity contribution in [3.05, 3.63) is 83.9 Å². The SMILES string of the molecule is CC(C)(C)[Si](C)(C)OCc1ccc2ccccc2c1-c1c(CO)ccc2ccccc12. The molecule has 31 heavy (non-hydrogen) atoms. The van der Waals surface area contributed by atoms with Crippen molar-refractivity contribution in [1.29, 1.82) is 0 Å². The highest BCUT2D eigenvalue weighted by atomic mass is 28.4. The van der Waals surface area contributed by atoms with Gasteiger partial charge < -0.3 is 9.53 Å². The van der Waals surface area contributed by atoms with Gasteiger partial charge in [0.25, 0.3) is 0 Å². The van der Waals surface area contributed by atoms with Crippen molar-refractivity contribution in [2.24, 2.45) is 0 Å². The first-order chi connectivity index (χ1) is 14.7. The first kappa shape index (κ1) is 21.8. The molecule has 0 radical (unpaired) electrons. The summed E-state index contributed by atoms with van der Waals surface area (Å²) >= 11 is 0. The molecule has 4 aromatic carbocycles. The Kier molecular flexibility index (Phi) is 5.78. The number of aliphatic hydroxyl groups excluding tert-OH is 1. The van der Waals surface area contributed by atoms with Crippen LogP contribution in [0.5, 0.6) is 0 Å². The second-order valence-electron chi connectivity index (χ2n) is 9.85. The van der Waals surface area contributed by atoms with Crippen LogP contribution < -0.4 is 0 Å².